The van der Waals surface area contributed by atoms with Crippen molar-refractivity contribution >= 4 is 22.6 Å². The van der Waals surface area contributed by atoms with Crippen molar-refractivity contribution < 1.29 is 0 Å². The summed E-state index contributed by atoms with van der Waals surface area (Å²) in [5.41, 5.74) is 1.44. The van der Waals surface area contributed by atoms with Crippen LogP contribution in [-0.4, -0.2) is 18.0 Å². The number of hydrogen-bond donors (Lipinski definition) is 1. The zero-order chi connectivity index (χ0) is 6.41. The van der Waals surface area contributed by atoms with E-state index < -0.39 is 0 Å². The monoisotopic (exact) mass is 225 g/mol. The van der Waals surface area contributed by atoms with Crippen molar-refractivity contribution in [1.82, 2.24) is 5.32 Å². The van der Waals surface area contributed by atoms with Gasteiger partial charge >= 0.3 is 0 Å². The highest BCUT2D eigenvalue weighted by Gasteiger charge is 1.80. The van der Waals surface area contributed by atoms with Gasteiger partial charge in [-0.3, -0.25) is 0 Å². The SMILES string of the molecule is CNC/C=C(/C)CI. The molecule has 0 bridgehead atoms. The van der Waals surface area contributed by atoms with Crippen LogP contribution in [0, 0.1) is 0 Å². The summed E-state index contributed by atoms with van der Waals surface area (Å²) in [5.74, 6) is 0. The molecule has 0 fully saturated rings. The molecule has 0 aliphatic carbocycles. The van der Waals surface area contributed by atoms with Gasteiger partial charge in [0.15, 0.2) is 0 Å². The molecular formula is C6H12IN. The molecule has 0 aliphatic rings. The summed E-state index contributed by atoms with van der Waals surface area (Å²) in [6, 6.07) is 0. The Hall–Kier alpha value is 0.430. The summed E-state index contributed by atoms with van der Waals surface area (Å²) >= 11 is 2.36. The number of halogens is 1. The number of nitrogens with one attached hydrogen (secondary N) is 1. The molecule has 0 aromatic carbocycles. The highest BCUT2D eigenvalue weighted by molar-refractivity contribution is 14.1. The van der Waals surface area contributed by atoms with E-state index in [0.29, 0.717) is 0 Å². The number of allylic oxidation sites excluding steroid dienone is 1. The minimum atomic E-state index is 0.995. The van der Waals surface area contributed by atoms with Gasteiger partial charge in [-0.2, -0.15) is 0 Å². The second kappa shape index (κ2) is 5.56. The summed E-state index contributed by atoms with van der Waals surface area (Å²) in [4.78, 5) is 0. The van der Waals surface area contributed by atoms with Gasteiger partial charge in [0, 0.05) is 11.0 Å². The first kappa shape index (κ1) is 8.43. The maximum Gasteiger partial charge on any atom is 0.0203 e. The first-order chi connectivity index (χ1) is 3.81. The predicted octanol–water partition coefficient (Wildman–Crippen LogP) is 1.59. The molecule has 1 N–H and O–H groups in total. The Balaban J connectivity index is 3.26. The van der Waals surface area contributed by atoms with Crippen LogP contribution in [0.2, 0.25) is 0 Å². The minimum Gasteiger partial charge on any atom is -0.316 e. The second-order valence-electron chi connectivity index (χ2n) is 1.74. The molecule has 0 heterocycles. The Morgan fingerprint density at radius 2 is 2.38 bits per heavy atom. The number of likely N-dealkylation sites (N-methyl/N-ethyl adjacent to an activating group) is 1. The van der Waals surface area contributed by atoms with Gasteiger partial charge in [0.1, 0.15) is 0 Å². The van der Waals surface area contributed by atoms with Gasteiger partial charge in [-0.15, -0.1) is 0 Å². The summed E-state index contributed by atoms with van der Waals surface area (Å²) in [6.45, 7) is 3.14. The van der Waals surface area contributed by atoms with E-state index in [-0.39, 0.29) is 0 Å². The Morgan fingerprint density at radius 3 is 2.75 bits per heavy atom. The van der Waals surface area contributed by atoms with E-state index in [2.05, 4.69) is 40.9 Å². The molecule has 1 nitrogen and oxygen atoms in total. The maximum absolute atomic E-state index is 3.05. The van der Waals surface area contributed by atoms with Gasteiger partial charge in [-0.25, -0.2) is 0 Å². The third-order valence-electron chi connectivity index (χ3n) is 0.865. The van der Waals surface area contributed by atoms with E-state index in [1.807, 2.05) is 7.05 Å². The maximum atomic E-state index is 3.05. The molecule has 0 saturated carbocycles. The van der Waals surface area contributed by atoms with Crippen molar-refractivity contribution in [2.75, 3.05) is 18.0 Å². The zero-order valence-corrected chi connectivity index (χ0v) is 7.53. The second-order valence-corrected chi connectivity index (χ2v) is 2.50. The van der Waals surface area contributed by atoms with Gasteiger partial charge in [0.05, 0.1) is 0 Å². The molecule has 0 radical (unpaired) electrons. The van der Waals surface area contributed by atoms with Gasteiger partial charge in [-0.05, 0) is 14.0 Å². The topological polar surface area (TPSA) is 12.0 Å². The van der Waals surface area contributed by atoms with E-state index in [1.165, 1.54) is 5.57 Å². The van der Waals surface area contributed by atoms with Crippen molar-refractivity contribution in [3.63, 3.8) is 0 Å². The van der Waals surface area contributed by atoms with E-state index in [1.54, 1.807) is 0 Å². The molecule has 0 unspecified atom stereocenters. The Labute approximate surface area is 64.7 Å². The first-order valence-corrected chi connectivity index (χ1v) is 4.20. The lowest BCUT2D eigenvalue weighted by Gasteiger charge is -1.91. The largest absolute Gasteiger partial charge is 0.316 e. The van der Waals surface area contributed by atoms with Crippen molar-refractivity contribution in [2.45, 2.75) is 6.92 Å². The fourth-order valence-corrected chi connectivity index (χ4v) is 0.642. The van der Waals surface area contributed by atoms with Crippen LogP contribution in [0.3, 0.4) is 0 Å². The van der Waals surface area contributed by atoms with Crippen LogP contribution >= 0.6 is 22.6 Å². The fraction of sp³-hybridized carbons (Fsp3) is 0.667. The summed E-state index contributed by atoms with van der Waals surface area (Å²) in [6.07, 6.45) is 2.20. The first-order valence-electron chi connectivity index (χ1n) is 2.67. The lowest BCUT2D eigenvalue weighted by atomic mass is 10.3. The average molecular weight is 225 g/mol. The van der Waals surface area contributed by atoms with Gasteiger partial charge < -0.3 is 5.32 Å². The molecule has 2 heteroatoms. The molecule has 48 valence electrons. The van der Waals surface area contributed by atoms with E-state index in [9.17, 15) is 0 Å². The molecule has 0 spiro atoms. The molecule has 0 atom stereocenters. The molecule has 0 amide bonds. The Kier molecular flexibility index (Phi) is 5.86. The fourth-order valence-electron chi connectivity index (χ4n) is 0.331. The van der Waals surface area contributed by atoms with Gasteiger partial charge in [0.25, 0.3) is 0 Å². The van der Waals surface area contributed by atoms with Crippen LogP contribution in [0.1, 0.15) is 6.92 Å². The Morgan fingerprint density at radius 1 is 1.75 bits per heavy atom. The van der Waals surface area contributed by atoms with Crippen LogP contribution in [0.15, 0.2) is 11.6 Å². The standard InChI is InChI=1S/C6H12IN/c1-6(5-7)3-4-8-2/h3,8H,4-5H2,1-2H3/b6-3-. The molecule has 0 aliphatic heterocycles. The number of rotatable bonds is 3. The summed E-state index contributed by atoms with van der Waals surface area (Å²) < 4.78 is 1.14. The average Bonchev–Trinajstić information content (AvgIpc) is 1.83. The Bertz CT molecular complexity index is 78.6. The molecule has 0 aromatic rings. The molecule has 0 rings (SSSR count). The number of alkyl halides is 1. The minimum absolute atomic E-state index is 0.995. The van der Waals surface area contributed by atoms with Crippen LogP contribution in [-0.2, 0) is 0 Å². The zero-order valence-electron chi connectivity index (χ0n) is 5.37. The smallest absolute Gasteiger partial charge is 0.0203 e. The third kappa shape index (κ3) is 4.59. The van der Waals surface area contributed by atoms with Crippen LogP contribution in [0.25, 0.3) is 0 Å². The van der Waals surface area contributed by atoms with Crippen LogP contribution in [0.4, 0.5) is 0 Å². The molecule has 0 aromatic heterocycles. The van der Waals surface area contributed by atoms with E-state index in [4.69, 9.17) is 0 Å². The van der Waals surface area contributed by atoms with Crippen molar-refractivity contribution in [2.24, 2.45) is 0 Å². The van der Waals surface area contributed by atoms with Crippen molar-refractivity contribution in [1.29, 1.82) is 0 Å². The van der Waals surface area contributed by atoms with Crippen LogP contribution in [0.5, 0.6) is 0 Å². The molecule has 8 heavy (non-hydrogen) atoms. The molecule has 0 saturated heterocycles. The van der Waals surface area contributed by atoms with Gasteiger partial charge in [-0.1, -0.05) is 34.2 Å². The number of hydrogen-bond acceptors (Lipinski definition) is 1. The van der Waals surface area contributed by atoms with E-state index in [0.717, 1.165) is 11.0 Å². The van der Waals surface area contributed by atoms with Crippen molar-refractivity contribution in [3.05, 3.63) is 11.6 Å². The third-order valence-corrected chi connectivity index (χ3v) is 2.07. The normalized spacial score (nSPS) is 12.1. The van der Waals surface area contributed by atoms with Crippen LogP contribution < -0.4 is 5.32 Å². The lowest BCUT2D eigenvalue weighted by molar-refractivity contribution is 0.913. The van der Waals surface area contributed by atoms with Gasteiger partial charge in [0.2, 0.25) is 0 Å². The predicted molar refractivity (Wildman–Crippen MR) is 46.6 cm³/mol. The molecular weight excluding hydrogens is 213 g/mol. The quantitative estimate of drug-likeness (QED) is 0.437. The highest BCUT2D eigenvalue weighted by Crippen LogP contribution is 1.95. The van der Waals surface area contributed by atoms with E-state index >= 15 is 0 Å². The summed E-state index contributed by atoms with van der Waals surface area (Å²) in [7, 11) is 1.96. The summed E-state index contributed by atoms with van der Waals surface area (Å²) in [5, 5.41) is 3.05. The lowest BCUT2D eigenvalue weighted by Crippen LogP contribution is -2.04. The van der Waals surface area contributed by atoms with Crippen molar-refractivity contribution in [3.8, 4) is 0 Å². The highest BCUT2D eigenvalue weighted by atomic mass is 127.